The first-order valence-corrected chi connectivity index (χ1v) is 9.41. The van der Waals surface area contributed by atoms with Gasteiger partial charge in [-0.05, 0) is 0 Å². The van der Waals surface area contributed by atoms with Crippen LogP contribution in [0.5, 0.6) is 0 Å². The van der Waals surface area contributed by atoms with Gasteiger partial charge in [-0.3, -0.25) is 0 Å². The molecule has 0 aromatic heterocycles. The van der Waals surface area contributed by atoms with Gasteiger partial charge in [-0.15, -0.1) is 0 Å². The summed E-state index contributed by atoms with van der Waals surface area (Å²) < 4.78 is 18.6. The third kappa shape index (κ3) is 2.55. The van der Waals surface area contributed by atoms with Crippen molar-refractivity contribution < 1.29 is 17.7 Å². The second kappa shape index (κ2) is 5.47. The van der Waals surface area contributed by atoms with Crippen molar-refractivity contribution in [3.8, 4) is 25.0 Å². The SMILES string of the molecule is C[Si](OC#N)(OC#N)[Si](C)(OC#N)OC#N. The standard InChI is InChI=1S/C6H6N4O4Si2/c1-15(11-3-7,12-4-8)16(2,13-5-9)14-6-10/h1-2H3. The number of nitrogens with zero attached hydrogens (tertiary/aromatic N) is 4. The zero-order chi connectivity index (χ0) is 12.7. The van der Waals surface area contributed by atoms with E-state index in [0.717, 1.165) is 0 Å². The van der Waals surface area contributed by atoms with Crippen molar-refractivity contribution >= 4 is 16.2 Å². The van der Waals surface area contributed by atoms with E-state index in [1.807, 2.05) is 0 Å². The van der Waals surface area contributed by atoms with Gasteiger partial charge in [-0.1, -0.05) is 0 Å². The summed E-state index contributed by atoms with van der Waals surface area (Å²) in [5.41, 5.74) is 0. The Bertz CT molecular complexity index is 342. The molecule has 0 aliphatic rings. The molecule has 0 rings (SSSR count). The lowest BCUT2D eigenvalue weighted by atomic mass is 11.6. The van der Waals surface area contributed by atoms with Gasteiger partial charge in [0.15, 0.2) is 0 Å². The van der Waals surface area contributed by atoms with Gasteiger partial charge in [0.25, 0.3) is 25.0 Å². The average Bonchev–Trinajstić information content (AvgIpc) is 2.19. The summed E-state index contributed by atoms with van der Waals surface area (Å²) in [5, 5.41) is 33.8. The van der Waals surface area contributed by atoms with Crippen LogP contribution in [0.4, 0.5) is 0 Å². The van der Waals surface area contributed by atoms with E-state index in [2.05, 4.69) is 17.7 Å². The van der Waals surface area contributed by atoms with Crippen molar-refractivity contribution in [2.45, 2.75) is 13.1 Å². The van der Waals surface area contributed by atoms with Crippen molar-refractivity contribution in [3.63, 3.8) is 0 Å². The van der Waals surface area contributed by atoms with Gasteiger partial charge in [-0.2, -0.15) is 21.0 Å². The van der Waals surface area contributed by atoms with E-state index in [1.54, 1.807) is 0 Å². The first-order valence-electron chi connectivity index (χ1n) is 3.78. The van der Waals surface area contributed by atoms with Crippen molar-refractivity contribution in [2.24, 2.45) is 0 Å². The van der Waals surface area contributed by atoms with Gasteiger partial charge in [0.05, 0.1) is 0 Å². The quantitative estimate of drug-likeness (QED) is 0.502. The van der Waals surface area contributed by atoms with Crippen LogP contribution in [0.25, 0.3) is 0 Å². The molecular formula is C6H6N4O4Si2. The smallest absolute Gasteiger partial charge is 0.440 e. The highest BCUT2D eigenvalue weighted by molar-refractivity contribution is 7.31. The molecule has 0 aliphatic carbocycles. The fraction of sp³-hybridized carbons (Fsp3) is 0.333. The molecule has 8 nitrogen and oxygen atoms in total. The molecule has 0 fully saturated rings. The first-order chi connectivity index (χ1) is 7.49. The minimum atomic E-state index is -3.52. The Hall–Kier alpha value is -2.41. The van der Waals surface area contributed by atoms with Gasteiger partial charge < -0.3 is 17.7 Å². The molecule has 0 saturated carbocycles. The maximum atomic E-state index is 8.45. The Balaban J connectivity index is 5.30. The lowest BCUT2D eigenvalue weighted by molar-refractivity contribution is 0.294. The van der Waals surface area contributed by atoms with E-state index in [4.69, 9.17) is 21.0 Å². The van der Waals surface area contributed by atoms with Crippen LogP contribution in [-0.2, 0) is 17.7 Å². The van der Waals surface area contributed by atoms with E-state index in [-0.39, 0.29) is 0 Å². The maximum absolute atomic E-state index is 8.45. The first kappa shape index (κ1) is 13.6. The highest BCUT2D eigenvalue weighted by atomic mass is 29.3. The van der Waals surface area contributed by atoms with Gasteiger partial charge in [0, 0.05) is 13.1 Å². The van der Waals surface area contributed by atoms with Crippen LogP contribution < -0.4 is 0 Å². The topological polar surface area (TPSA) is 132 Å². The highest BCUT2D eigenvalue weighted by Crippen LogP contribution is 2.23. The van der Waals surface area contributed by atoms with Crippen LogP contribution >= 0.6 is 0 Å². The Morgan fingerprint density at radius 2 is 0.812 bits per heavy atom. The van der Waals surface area contributed by atoms with Gasteiger partial charge >= 0.3 is 16.2 Å². The molecule has 0 atom stereocenters. The van der Waals surface area contributed by atoms with E-state index in [0.29, 0.717) is 0 Å². The van der Waals surface area contributed by atoms with Crippen LogP contribution in [-0.4, -0.2) is 16.2 Å². The van der Waals surface area contributed by atoms with Crippen LogP contribution in [0.2, 0.25) is 13.1 Å². The average molecular weight is 254 g/mol. The minimum Gasteiger partial charge on any atom is -0.440 e. The Morgan fingerprint density at radius 3 is 0.938 bits per heavy atom. The Labute approximate surface area is 93.6 Å². The molecule has 0 saturated heterocycles. The number of rotatable bonds is 5. The van der Waals surface area contributed by atoms with Crippen molar-refractivity contribution in [2.75, 3.05) is 0 Å². The van der Waals surface area contributed by atoms with Crippen LogP contribution in [0.1, 0.15) is 0 Å². The van der Waals surface area contributed by atoms with Crippen LogP contribution in [0.3, 0.4) is 0 Å². The minimum absolute atomic E-state index is 1.31. The predicted octanol–water partition coefficient (Wildman–Crippen LogP) is 0.200. The number of hydrogen-bond donors (Lipinski definition) is 0. The molecule has 0 aliphatic heterocycles. The summed E-state index contributed by atoms with van der Waals surface area (Å²) in [6, 6.07) is 0. The number of hydrogen-bond acceptors (Lipinski definition) is 8. The van der Waals surface area contributed by atoms with E-state index >= 15 is 0 Å². The van der Waals surface area contributed by atoms with E-state index < -0.39 is 16.2 Å². The Morgan fingerprint density at radius 1 is 0.625 bits per heavy atom. The highest BCUT2D eigenvalue weighted by Gasteiger charge is 2.68. The Kier molecular flexibility index (Phi) is 4.65. The summed E-state index contributed by atoms with van der Waals surface area (Å²) in [5.74, 6) is 0. The van der Waals surface area contributed by atoms with Crippen molar-refractivity contribution in [1.29, 1.82) is 21.0 Å². The lowest BCUT2D eigenvalue weighted by Crippen LogP contribution is -2.65. The largest absolute Gasteiger partial charge is 0.549 e. The second-order valence-corrected chi connectivity index (χ2v) is 12.7. The molecule has 0 radical (unpaired) electrons. The van der Waals surface area contributed by atoms with E-state index in [1.165, 1.54) is 38.1 Å². The van der Waals surface area contributed by atoms with Crippen molar-refractivity contribution in [1.82, 2.24) is 0 Å². The molecule has 0 bridgehead atoms. The third-order valence-electron chi connectivity index (χ3n) is 1.79. The van der Waals surface area contributed by atoms with Crippen molar-refractivity contribution in [3.05, 3.63) is 0 Å². The second-order valence-electron chi connectivity index (χ2n) is 2.66. The predicted molar refractivity (Wildman–Crippen MR) is 50.0 cm³/mol. The molecule has 82 valence electrons. The molecule has 0 N–H and O–H groups in total. The molecule has 0 heterocycles. The fourth-order valence-corrected chi connectivity index (χ4v) is 5.06. The zero-order valence-corrected chi connectivity index (χ0v) is 10.4. The fourth-order valence-electron chi connectivity index (χ4n) is 0.761. The summed E-state index contributed by atoms with van der Waals surface area (Å²) in [4.78, 5) is 0. The molecule has 0 amide bonds. The van der Waals surface area contributed by atoms with Gasteiger partial charge in [-0.25, -0.2) is 0 Å². The van der Waals surface area contributed by atoms with Crippen LogP contribution in [0, 0.1) is 46.1 Å². The summed E-state index contributed by atoms with van der Waals surface area (Å²) in [6.45, 7) is 2.61. The molecular weight excluding hydrogens is 248 g/mol. The summed E-state index contributed by atoms with van der Waals surface area (Å²) >= 11 is 0. The zero-order valence-electron chi connectivity index (χ0n) is 8.42. The monoisotopic (exact) mass is 254 g/mol. The summed E-state index contributed by atoms with van der Waals surface area (Å²) in [6.07, 6.45) is 5.43. The number of nitriles is 4. The molecule has 16 heavy (non-hydrogen) atoms. The molecule has 0 spiro atoms. The molecule has 0 aromatic rings. The third-order valence-corrected chi connectivity index (χ3v) is 11.5. The van der Waals surface area contributed by atoms with Gasteiger partial charge in [0.1, 0.15) is 0 Å². The van der Waals surface area contributed by atoms with Crippen LogP contribution in [0.15, 0.2) is 0 Å². The summed E-state index contributed by atoms with van der Waals surface area (Å²) in [7, 11) is -7.04. The maximum Gasteiger partial charge on any atom is 0.549 e. The van der Waals surface area contributed by atoms with E-state index in [9.17, 15) is 0 Å². The molecule has 0 aromatic carbocycles. The normalized spacial score (nSPS) is 9.62. The molecule has 0 unspecified atom stereocenters. The lowest BCUT2D eigenvalue weighted by Gasteiger charge is -2.28. The van der Waals surface area contributed by atoms with Gasteiger partial charge in [0.2, 0.25) is 0 Å². The molecule has 10 heteroatoms.